The fraction of sp³-hybridized carbons (Fsp3) is 0.500. The molecule has 1 fully saturated rings. The SMILES string of the molecule is Cn1nc(NC(=O)N2CCc3nn(C)c(=O)cc3C2)cc1C1CC1. The van der Waals surface area contributed by atoms with Gasteiger partial charge in [-0.05, 0) is 12.8 Å². The minimum absolute atomic E-state index is 0.158. The first-order valence-electron chi connectivity index (χ1n) is 8.17. The number of rotatable bonds is 2. The van der Waals surface area contributed by atoms with Gasteiger partial charge >= 0.3 is 6.03 Å². The fourth-order valence-corrected chi connectivity index (χ4v) is 3.16. The summed E-state index contributed by atoms with van der Waals surface area (Å²) < 4.78 is 3.17. The number of fused-ring (bicyclic) bond motifs is 1. The Morgan fingerprint density at radius 1 is 1.21 bits per heavy atom. The summed E-state index contributed by atoms with van der Waals surface area (Å²) in [4.78, 5) is 25.9. The Morgan fingerprint density at radius 3 is 2.75 bits per heavy atom. The van der Waals surface area contributed by atoms with E-state index in [9.17, 15) is 9.59 Å². The summed E-state index contributed by atoms with van der Waals surface area (Å²) in [7, 11) is 3.54. The van der Waals surface area contributed by atoms with Crippen LogP contribution in [0.5, 0.6) is 0 Å². The quantitative estimate of drug-likeness (QED) is 0.890. The third kappa shape index (κ3) is 2.68. The van der Waals surface area contributed by atoms with Crippen molar-refractivity contribution in [1.29, 1.82) is 0 Å². The Hall–Kier alpha value is -2.64. The number of anilines is 1. The van der Waals surface area contributed by atoms with Crippen LogP contribution in [0.3, 0.4) is 0 Å². The monoisotopic (exact) mass is 328 g/mol. The number of hydrogen-bond donors (Lipinski definition) is 1. The van der Waals surface area contributed by atoms with Gasteiger partial charge in [0, 0.05) is 62.9 Å². The van der Waals surface area contributed by atoms with Gasteiger partial charge in [-0.3, -0.25) is 14.8 Å². The van der Waals surface area contributed by atoms with Gasteiger partial charge < -0.3 is 4.90 Å². The van der Waals surface area contributed by atoms with Gasteiger partial charge in [-0.25, -0.2) is 9.48 Å². The molecule has 0 spiro atoms. The van der Waals surface area contributed by atoms with Crippen LogP contribution in [-0.2, 0) is 27.1 Å². The average molecular weight is 328 g/mol. The molecule has 0 radical (unpaired) electrons. The topological polar surface area (TPSA) is 85.1 Å². The third-order valence-corrected chi connectivity index (χ3v) is 4.67. The van der Waals surface area contributed by atoms with E-state index < -0.39 is 0 Å². The van der Waals surface area contributed by atoms with E-state index in [-0.39, 0.29) is 11.6 Å². The summed E-state index contributed by atoms with van der Waals surface area (Å²) in [6.07, 6.45) is 3.03. The van der Waals surface area contributed by atoms with Crippen LogP contribution in [0.25, 0.3) is 0 Å². The largest absolute Gasteiger partial charge is 0.323 e. The molecule has 24 heavy (non-hydrogen) atoms. The van der Waals surface area contributed by atoms with Crippen molar-refractivity contribution in [2.45, 2.75) is 31.7 Å². The summed E-state index contributed by atoms with van der Waals surface area (Å²) in [6, 6.07) is 3.32. The van der Waals surface area contributed by atoms with Crippen LogP contribution in [0.15, 0.2) is 16.9 Å². The van der Waals surface area contributed by atoms with Crippen LogP contribution < -0.4 is 10.9 Å². The van der Waals surface area contributed by atoms with Crippen LogP contribution >= 0.6 is 0 Å². The molecule has 2 aliphatic rings. The van der Waals surface area contributed by atoms with E-state index in [1.54, 1.807) is 18.0 Å². The van der Waals surface area contributed by atoms with Gasteiger partial charge in [-0.1, -0.05) is 0 Å². The van der Waals surface area contributed by atoms with Gasteiger partial charge in [-0.15, -0.1) is 0 Å². The Balaban J connectivity index is 1.48. The minimum atomic E-state index is -0.193. The molecule has 1 aliphatic carbocycles. The second-order valence-corrected chi connectivity index (χ2v) is 6.53. The summed E-state index contributed by atoms with van der Waals surface area (Å²) >= 11 is 0. The highest BCUT2D eigenvalue weighted by molar-refractivity contribution is 5.88. The first-order chi connectivity index (χ1) is 11.5. The molecule has 4 rings (SSSR count). The fourth-order valence-electron chi connectivity index (χ4n) is 3.16. The smallest absolute Gasteiger partial charge is 0.320 e. The number of nitrogens with one attached hydrogen (secondary N) is 1. The van der Waals surface area contributed by atoms with Gasteiger partial charge in [0.05, 0.1) is 5.69 Å². The molecule has 2 aromatic rings. The maximum absolute atomic E-state index is 12.5. The van der Waals surface area contributed by atoms with E-state index in [0.717, 1.165) is 11.3 Å². The molecule has 8 heteroatoms. The molecular formula is C16H20N6O2. The zero-order valence-corrected chi connectivity index (χ0v) is 13.8. The van der Waals surface area contributed by atoms with Gasteiger partial charge in [-0.2, -0.15) is 10.2 Å². The van der Waals surface area contributed by atoms with Crippen LogP contribution in [0.2, 0.25) is 0 Å². The van der Waals surface area contributed by atoms with Crippen LogP contribution in [0.4, 0.5) is 10.6 Å². The van der Waals surface area contributed by atoms with Gasteiger partial charge in [0.25, 0.3) is 5.56 Å². The van der Waals surface area contributed by atoms with Gasteiger partial charge in [0.2, 0.25) is 0 Å². The molecular weight excluding hydrogens is 308 g/mol. The highest BCUT2D eigenvalue weighted by Crippen LogP contribution is 2.40. The van der Waals surface area contributed by atoms with Crippen molar-refractivity contribution in [3.05, 3.63) is 39.4 Å². The first kappa shape index (κ1) is 14.9. The van der Waals surface area contributed by atoms with E-state index in [4.69, 9.17) is 0 Å². The van der Waals surface area contributed by atoms with E-state index in [0.29, 0.717) is 31.2 Å². The number of carbonyl (C=O) groups is 1. The molecule has 1 N–H and O–H groups in total. The van der Waals surface area contributed by atoms with E-state index in [1.807, 2.05) is 17.8 Å². The molecule has 1 saturated carbocycles. The van der Waals surface area contributed by atoms with E-state index >= 15 is 0 Å². The summed E-state index contributed by atoms with van der Waals surface area (Å²) in [6.45, 7) is 0.971. The molecule has 2 aromatic heterocycles. The second kappa shape index (κ2) is 5.47. The number of aryl methyl sites for hydroxylation is 2. The molecule has 0 bridgehead atoms. The van der Waals surface area contributed by atoms with Crippen molar-refractivity contribution >= 4 is 11.8 Å². The van der Waals surface area contributed by atoms with E-state index in [1.165, 1.54) is 23.2 Å². The minimum Gasteiger partial charge on any atom is -0.320 e. The van der Waals surface area contributed by atoms with Crippen molar-refractivity contribution in [2.75, 3.05) is 11.9 Å². The number of hydrogen-bond acceptors (Lipinski definition) is 4. The Kier molecular flexibility index (Phi) is 3.40. The molecule has 0 aromatic carbocycles. The van der Waals surface area contributed by atoms with Gasteiger partial charge in [0.1, 0.15) is 0 Å². The molecule has 126 valence electrons. The summed E-state index contributed by atoms with van der Waals surface area (Å²) in [5, 5.41) is 11.5. The number of nitrogens with zero attached hydrogens (tertiary/aromatic N) is 5. The maximum Gasteiger partial charge on any atom is 0.323 e. The van der Waals surface area contributed by atoms with Crippen LogP contribution in [0, 0.1) is 0 Å². The lowest BCUT2D eigenvalue weighted by Gasteiger charge is -2.27. The second-order valence-electron chi connectivity index (χ2n) is 6.53. The lowest BCUT2D eigenvalue weighted by molar-refractivity contribution is 0.205. The molecule has 2 amide bonds. The van der Waals surface area contributed by atoms with Crippen molar-refractivity contribution < 1.29 is 4.79 Å². The molecule has 0 saturated heterocycles. The van der Waals surface area contributed by atoms with Crippen molar-refractivity contribution in [3.8, 4) is 0 Å². The summed E-state index contributed by atoms with van der Waals surface area (Å²) in [5.41, 5.74) is 2.71. The molecule has 8 nitrogen and oxygen atoms in total. The molecule has 0 unspecified atom stereocenters. The van der Waals surface area contributed by atoms with E-state index in [2.05, 4.69) is 15.5 Å². The number of amides is 2. The Bertz CT molecular complexity index is 864. The Morgan fingerprint density at radius 2 is 2.00 bits per heavy atom. The van der Waals surface area contributed by atoms with Crippen LogP contribution in [-0.4, -0.2) is 37.0 Å². The predicted octanol–water partition coefficient (Wildman–Crippen LogP) is 0.981. The normalized spacial score (nSPS) is 16.8. The molecule has 1 aliphatic heterocycles. The first-order valence-corrected chi connectivity index (χ1v) is 8.17. The molecule has 0 atom stereocenters. The Labute approximate surface area is 139 Å². The van der Waals surface area contributed by atoms with Crippen LogP contribution in [0.1, 0.15) is 35.7 Å². The number of aromatic nitrogens is 4. The highest BCUT2D eigenvalue weighted by Gasteiger charge is 2.28. The predicted molar refractivity (Wildman–Crippen MR) is 87.8 cm³/mol. The van der Waals surface area contributed by atoms with Crippen molar-refractivity contribution in [1.82, 2.24) is 24.5 Å². The maximum atomic E-state index is 12.5. The number of urea groups is 1. The molecule has 3 heterocycles. The van der Waals surface area contributed by atoms with Crippen molar-refractivity contribution in [3.63, 3.8) is 0 Å². The standard InChI is InChI=1S/C16H20N6O2/c1-20-13(10-3-4-10)8-14(19-20)17-16(24)22-6-5-12-11(9-22)7-15(23)21(2)18-12/h7-8,10H,3-6,9H2,1-2H3,(H,17,19,24). The number of carbonyl (C=O) groups excluding carboxylic acids is 1. The van der Waals surface area contributed by atoms with Crippen molar-refractivity contribution in [2.24, 2.45) is 14.1 Å². The third-order valence-electron chi connectivity index (χ3n) is 4.67. The zero-order valence-electron chi connectivity index (χ0n) is 13.8. The van der Waals surface area contributed by atoms with Gasteiger partial charge in [0.15, 0.2) is 5.82 Å². The lowest BCUT2D eigenvalue weighted by Crippen LogP contribution is -2.40. The summed E-state index contributed by atoms with van der Waals surface area (Å²) in [5.74, 6) is 1.16. The lowest BCUT2D eigenvalue weighted by atomic mass is 10.1. The average Bonchev–Trinajstić information content (AvgIpc) is 3.32. The highest BCUT2D eigenvalue weighted by atomic mass is 16.2. The zero-order chi connectivity index (χ0) is 16.8.